The first-order valence-corrected chi connectivity index (χ1v) is 10.2. The third kappa shape index (κ3) is 2.82. The number of hydrogen-bond donors (Lipinski definition) is 1. The minimum atomic E-state index is -0.220. The lowest BCUT2D eigenvalue weighted by molar-refractivity contribution is 1.12. The van der Waals surface area contributed by atoms with Crippen molar-refractivity contribution >= 4 is 39.4 Å². The first-order valence-electron chi connectivity index (χ1n) is 9.28. The predicted octanol–water partition coefficient (Wildman–Crippen LogP) is 4.84. The van der Waals surface area contributed by atoms with Crippen molar-refractivity contribution in [3.05, 3.63) is 87.0 Å². The summed E-state index contributed by atoms with van der Waals surface area (Å²) in [5.74, 6) is 0. The van der Waals surface area contributed by atoms with Crippen molar-refractivity contribution in [3.8, 4) is 17.3 Å². The molecule has 0 aliphatic rings. The van der Waals surface area contributed by atoms with E-state index in [0.29, 0.717) is 27.5 Å². The number of aromatic amines is 1. The number of imidazole rings is 1. The molecule has 0 aliphatic heterocycles. The zero-order chi connectivity index (χ0) is 20.7. The Morgan fingerprint density at radius 2 is 1.93 bits per heavy atom. The fourth-order valence-electron chi connectivity index (χ4n) is 3.53. The lowest BCUT2D eigenvalue weighted by Crippen LogP contribution is -2.20. The number of aromatic nitrogens is 3. The van der Waals surface area contributed by atoms with E-state index in [1.807, 2.05) is 60.0 Å². The lowest BCUT2D eigenvalue weighted by Gasteiger charge is -2.05. The van der Waals surface area contributed by atoms with Crippen LogP contribution in [0, 0.1) is 18.3 Å². The second-order valence-corrected chi connectivity index (χ2v) is 7.63. The monoisotopic (exact) mass is 409 g/mol. The normalized spacial score (nSPS) is 11.5. The van der Waals surface area contributed by atoms with Gasteiger partial charge in [-0.3, -0.25) is 9.20 Å². The average molecular weight is 409 g/mol. The van der Waals surface area contributed by atoms with Crippen LogP contribution >= 0.6 is 11.3 Å². The number of nitrogens with zero attached hydrogens (tertiary/aromatic N) is 4. The van der Waals surface area contributed by atoms with Gasteiger partial charge in [0.1, 0.15) is 11.7 Å². The van der Waals surface area contributed by atoms with Gasteiger partial charge >= 0.3 is 0 Å². The number of H-pyrrole nitrogens is 1. The maximum Gasteiger partial charge on any atom is 0.265 e. The molecular formula is C23H15N5OS. The van der Waals surface area contributed by atoms with E-state index >= 15 is 0 Å². The number of nitrogens with one attached hydrogen (secondary N) is 1. The summed E-state index contributed by atoms with van der Waals surface area (Å²) < 4.78 is 1.54. The van der Waals surface area contributed by atoms with Crippen molar-refractivity contribution in [3.63, 3.8) is 0 Å². The molecule has 3 heterocycles. The van der Waals surface area contributed by atoms with Gasteiger partial charge in [-0.1, -0.05) is 42.5 Å². The second kappa shape index (κ2) is 7.10. The van der Waals surface area contributed by atoms with Crippen LogP contribution in [0.1, 0.15) is 16.7 Å². The Balaban J connectivity index is 1.65. The molecule has 3 aromatic heterocycles. The molecule has 0 saturated carbocycles. The summed E-state index contributed by atoms with van der Waals surface area (Å²) in [6.07, 6.45) is 1.51. The molecule has 0 bridgehead atoms. The average Bonchev–Trinajstić information content (AvgIpc) is 3.39. The van der Waals surface area contributed by atoms with E-state index in [1.165, 1.54) is 17.6 Å². The van der Waals surface area contributed by atoms with Crippen LogP contribution in [-0.2, 0) is 0 Å². The molecule has 5 aromatic rings. The zero-order valence-corrected chi connectivity index (χ0v) is 16.8. The number of para-hydroxylation sites is 2. The Bertz CT molecular complexity index is 1530. The lowest BCUT2D eigenvalue weighted by atomic mass is 10.1. The van der Waals surface area contributed by atoms with E-state index in [2.05, 4.69) is 21.0 Å². The van der Waals surface area contributed by atoms with E-state index in [1.54, 1.807) is 11.3 Å². The van der Waals surface area contributed by atoms with Crippen molar-refractivity contribution in [1.29, 1.82) is 5.26 Å². The van der Waals surface area contributed by atoms with Crippen LogP contribution < -0.4 is 5.56 Å². The number of aliphatic imine (C=N–C) groups is 1. The smallest absolute Gasteiger partial charge is 0.265 e. The van der Waals surface area contributed by atoms with Crippen LogP contribution in [0.15, 0.2) is 69.8 Å². The standard InChI is InChI=1S/C23H15N5OS/c1-14-16(11-24)21-26-18-9-5-6-10-20(18)28(21)22(29)17(14)12-25-23-27-19(13-30-23)15-7-3-2-4-8-15/h2-10,12-13,26H,1H3/b25-12+. The van der Waals surface area contributed by atoms with Crippen molar-refractivity contribution in [2.45, 2.75) is 6.92 Å². The molecule has 5 rings (SSSR count). The topological polar surface area (TPSA) is 86.3 Å². The summed E-state index contributed by atoms with van der Waals surface area (Å²) in [4.78, 5) is 25.4. The Morgan fingerprint density at radius 3 is 2.73 bits per heavy atom. The summed E-state index contributed by atoms with van der Waals surface area (Å²) in [6, 6.07) is 19.6. The quantitative estimate of drug-likeness (QED) is 0.433. The van der Waals surface area contributed by atoms with E-state index in [-0.39, 0.29) is 5.56 Å². The number of hydrogen-bond acceptors (Lipinski definition) is 5. The summed E-state index contributed by atoms with van der Waals surface area (Å²) in [7, 11) is 0. The third-order valence-corrected chi connectivity index (χ3v) is 5.80. The molecule has 0 spiro atoms. The fraction of sp³-hybridized carbons (Fsp3) is 0.0435. The predicted molar refractivity (Wildman–Crippen MR) is 120 cm³/mol. The number of fused-ring (bicyclic) bond motifs is 3. The van der Waals surface area contributed by atoms with Gasteiger partial charge in [0, 0.05) is 17.2 Å². The Hall–Kier alpha value is -4.02. The molecule has 2 aromatic carbocycles. The van der Waals surface area contributed by atoms with Gasteiger partial charge in [-0.25, -0.2) is 9.98 Å². The Kier molecular flexibility index (Phi) is 4.27. The molecule has 7 heteroatoms. The van der Waals surface area contributed by atoms with Gasteiger partial charge in [-0.2, -0.15) is 5.26 Å². The first kappa shape index (κ1) is 18.0. The molecule has 144 valence electrons. The van der Waals surface area contributed by atoms with E-state index in [9.17, 15) is 10.1 Å². The SMILES string of the molecule is Cc1c(/C=N/c2nc(-c3ccccc3)cs2)c(=O)n2c([nH]c3ccccc32)c1C#N. The van der Waals surface area contributed by atoms with Crippen molar-refractivity contribution in [1.82, 2.24) is 14.4 Å². The number of thiazole rings is 1. The maximum absolute atomic E-state index is 13.3. The van der Waals surface area contributed by atoms with Crippen LogP contribution in [0.4, 0.5) is 5.13 Å². The van der Waals surface area contributed by atoms with Crippen LogP contribution in [0.2, 0.25) is 0 Å². The Labute approximate surface area is 175 Å². The van der Waals surface area contributed by atoms with Gasteiger partial charge in [-0.15, -0.1) is 11.3 Å². The number of pyridine rings is 1. The van der Waals surface area contributed by atoms with Crippen molar-refractivity contribution in [2.75, 3.05) is 0 Å². The summed E-state index contributed by atoms with van der Waals surface area (Å²) in [5, 5.41) is 12.2. The van der Waals surface area contributed by atoms with Gasteiger partial charge in [0.25, 0.3) is 5.56 Å². The molecule has 0 amide bonds. The van der Waals surface area contributed by atoms with Crippen LogP contribution in [0.5, 0.6) is 0 Å². The molecule has 0 fully saturated rings. The molecular weight excluding hydrogens is 394 g/mol. The Morgan fingerprint density at radius 1 is 1.17 bits per heavy atom. The molecule has 0 unspecified atom stereocenters. The van der Waals surface area contributed by atoms with Gasteiger partial charge in [0.15, 0.2) is 0 Å². The molecule has 0 saturated heterocycles. The highest BCUT2D eigenvalue weighted by Crippen LogP contribution is 2.27. The number of rotatable bonds is 3. The molecule has 30 heavy (non-hydrogen) atoms. The summed E-state index contributed by atoms with van der Waals surface area (Å²) in [5.41, 5.74) is 5.06. The minimum Gasteiger partial charge on any atom is -0.338 e. The van der Waals surface area contributed by atoms with Gasteiger partial charge in [0.2, 0.25) is 5.13 Å². The molecule has 6 nitrogen and oxygen atoms in total. The third-order valence-electron chi connectivity index (χ3n) is 5.05. The van der Waals surface area contributed by atoms with Crippen molar-refractivity contribution < 1.29 is 0 Å². The first-order chi connectivity index (χ1) is 14.7. The highest BCUT2D eigenvalue weighted by atomic mass is 32.1. The number of benzene rings is 2. The van der Waals surface area contributed by atoms with E-state index < -0.39 is 0 Å². The largest absolute Gasteiger partial charge is 0.338 e. The van der Waals surface area contributed by atoms with Crippen LogP contribution in [0.25, 0.3) is 27.9 Å². The van der Waals surface area contributed by atoms with Crippen molar-refractivity contribution in [2.24, 2.45) is 4.99 Å². The summed E-state index contributed by atoms with van der Waals surface area (Å²) in [6.45, 7) is 1.77. The molecule has 0 radical (unpaired) electrons. The molecule has 0 atom stereocenters. The molecule has 1 N–H and O–H groups in total. The fourth-order valence-corrected chi connectivity index (χ4v) is 4.20. The van der Waals surface area contributed by atoms with E-state index in [4.69, 9.17) is 0 Å². The maximum atomic E-state index is 13.3. The van der Waals surface area contributed by atoms with E-state index in [0.717, 1.165) is 22.3 Å². The zero-order valence-electron chi connectivity index (χ0n) is 16.0. The highest BCUT2D eigenvalue weighted by molar-refractivity contribution is 7.13. The molecule has 0 aliphatic carbocycles. The minimum absolute atomic E-state index is 0.220. The highest BCUT2D eigenvalue weighted by Gasteiger charge is 2.17. The van der Waals surface area contributed by atoms with Gasteiger partial charge in [-0.05, 0) is 24.6 Å². The van der Waals surface area contributed by atoms with Gasteiger partial charge in [0.05, 0.1) is 27.9 Å². The second-order valence-electron chi connectivity index (χ2n) is 6.80. The summed E-state index contributed by atoms with van der Waals surface area (Å²) >= 11 is 1.40. The van der Waals surface area contributed by atoms with Crippen LogP contribution in [-0.4, -0.2) is 20.6 Å². The number of nitriles is 1. The van der Waals surface area contributed by atoms with Crippen LogP contribution in [0.3, 0.4) is 0 Å². The van der Waals surface area contributed by atoms with Gasteiger partial charge < -0.3 is 4.98 Å².